The summed E-state index contributed by atoms with van der Waals surface area (Å²) in [5.74, 6) is -1.10. The highest BCUT2D eigenvalue weighted by molar-refractivity contribution is 7.16. The van der Waals surface area contributed by atoms with Crippen molar-refractivity contribution in [2.24, 2.45) is 4.99 Å². The molecule has 8 nitrogen and oxygen atoms in total. The molecule has 1 aromatic heterocycles. The molecule has 0 bridgehead atoms. The number of hydrogen-bond acceptors (Lipinski definition) is 6. The highest BCUT2D eigenvalue weighted by atomic mass is 35.5. The van der Waals surface area contributed by atoms with Gasteiger partial charge in [-0.1, -0.05) is 41.1 Å². The van der Waals surface area contributed by atoms with E-state index in [2.05, 4.69) is 4.99 Å². The standard InChI is InChI=1S/C20H16ClN3O5S/c1-2-29-19(26)12-23-16-11-14(24(27)28)8-9-17(16)30-20(23)22-18(25)10-7-13-5-3-4-6-15(13)21/h3-11H,2,12H2,1H3. The molecule has 0 saturated heterocycles. The zero-order chi connectivity index (χ0) is 21.7. The molecule has 0 aliphatic heterocycles. The molecule has 0 radical (unpaired) electrons. The quantitative estimate of drug-likeness (QED) is 0.247. The lowest BCUT2D eigenvalue weighted by atomic mass is 10.2. The second-order valence-electron chi connectivity index (χ2n) is 5.99. The number of hydrogen-bond donors (Lipinski definition) is 0. The Bertz CT molecular complexity index is 1230. The van der Waals surface area contributed by atoms with Gasteiger partial charge < -0.3 is 9.30 Å². The van der Waals surface area contributed by atoms with Crippen molar-refractivity contribution in [2.45, 2.75) is 13.5 Å². The van der Waals surface area contributed by atoms with Crippen molar-refractivity contribution in [3.05, 3.63) is 74.0 Å². The largest absolute Gasteiger partial charge is 0.465 e. The lowest BCUT2D eigenvalue weighted by Gasteiger charge is -2.04. The van der Waals surface area contributed by atoms with Crippen molar-refractivity contribution in [1.82, 2.24) is 4.57 Å². The highest BCUT2D eigenvalue weighted by Gasteiger charge is 2.15. The molecular formula is C20H16ClN3O5S. The van der Waals surface area contributed by atoms with Gasteiger partial charge in [0.1, 0.15) is 6.54 Å². The molecule has 3 aromatic rings. The van der Waals surface area contributed by atoms with E-state index >= 15 is 0 Å². The SMILES string of the molecule is CCOC(=O)Cn1c(=NC(=O)C=Cc2ccccc2Cl)sc2ccc([N+](=O)[O-])cc21. The molecule has 0 unspecified atom stereocenters. The smallest absolute Gasteiger partial charge is 0.326 e. The Labute approximate surface area is 179 Å². The monoisotopic (exact) mass is 445 g/mol. The fourth-order valence-corrected chi connectivity index (χ4v) is 3.86. The van der Waals surface area contributed by atoms with Crippen LogP contribution in [0, 0.1) is 10.1 Å². The zero-order valence-corrected chi connectivity index (χ0v) is 17.4. The predicted octanol–water partition coefficient (Wildman–Crippen LogP) is 3.97. The van der Waals surface area contributed by atoms with Crippen molar-refractivity contribution in [3.8, 4) is 0 Å². The summed E-state index contributed by atoms with van der Waals surface area (Å²) in [6.07, 6.45) is 2.81. The van der Waals surface area contributed by atoms with Crippen LogP contribution in [0.4, 0.5) is 5.69 Å². The first kappa shape index (κ1) is 21.4. The van der Waals surface area contributed by atoms with Crippen LogP contribution in [-0.4, -0.2) is 28.0 Å². The summed E-state index contributed by atoms with van der Waals surface area (Å²) in [5, 5.41) is 11.6. The van der Waals surface area contributed by atoms with E-state index in [0.29, 0.717) is 20.8 Å². The molecule has 0 aliphatic carbocycles. The van der Waals surface area contributed by atoms with Crippen LogP contribution in [0.2, 0.25) is 5.02 Å². The Morgan fingerprint density at radius 3 is 2.77 bits per heavy atom. The first-order valence-corrected chi connectivity index (χ1v) is 10.0. The van der Waals surface area contributed by atoms with E-state index in [1.807, 2.05) is 0 Å². The van der Waals surface area contributed by atoms with Crippen LogP contribution in [0.3, 0.4) is 0 Å². The third kappa shape index (κ3) is 5.00. The molecule has 0 N–H and O–H groups in total. The van der Waals surface area contributed by atoms with Gasteiger partial charge in [-0.2, -0.15) is 4.99 Å². The van der Waals surface area contributed by atoms with Gasteiger partial charge in [0.15, 0.2) is 4.80 Å². The molecule has 30 heavy (non-hydrogen) atoms. The third-order valence-electron chi connectivity index (χ3n) is 3.99. The average molecular weight is 446 g/mol. The van der Waals surface area contributed by atoms with Crippen molar-refractivity contribution in [2.75, 3.05) is 6.61 Å². The van der Waals surface area contributed by atoms with Gasteiger partial charge in [-0.15, -0.1) is 0 Å². The number of aromatic nitrogens is 1. The molecule has 3 rings (SSSR count). The molecular weight excluding hydrogens is 430 g/mol. The van der Waals surface area contributed by atoms with Crippen molar-refractivity contribution >= 4 is 56.8 Å². The van der Waals surface area contributed by atoms with Crippen molar-refractivity contribution in [1.29, 1.82) is 0 Å². The van der Waals surface area contributed by atoms with Gasteiger partial charge in [0.05, 0.1) is 21.7 Å². The van der Waals surface area contributed by atoms with E-state index in [4.69, 9.17) is 16.3 Å². The van der Waals surface area contributed by atoms with Crippen molar-refractivity contribution < 1.29 is 19.2 Å². The minimum atomic E-state index is -0.561. The molecule has 0 spiro atoms. The van der Waals surface area contributed by atoms with Gasteiger partial charge in [0.2, 0.25) is 0 Å². The fourth-order valence-electron chi connectivity index (χ4n) is 2.65. The second-order valence-corrected chi connectivity index (χ2v) is 7.41. The van der Waals surface area contributed by atoms with Gasteiger partial charge in [0.25, 0.3) is 11.6 Å². The number of halogens is 1. The molecule has 0 atom stereocenters. The van der Waals surface area contributed by atoms with E-state index in [9.17, 15) is 19.7 Å². The van der Waals surface area contributed by atoms with E-state index in [0.717, 1.165) is 11.3 Å². The number of thiazole rings is 1. The Balaban J connectivity index is 2.04. The normalized spacial score (nSPS) is 11.9. The molecule has 2 aromatic carbocycles. The van der Waals surface area contributed by atoms with Crippen LogP contribution in [0.1, 0.15) is 12.5 Å². The van der Waals surface area contributed by atoms with E-state index in [1.54, 1.807) is 43.3 Å². The maximum absolute atomic E-state index is 12.4. The number of nitro groups is 1. The van der Waals surface area contributed by atoms with Crippen LogP contribution in [0.5, 0.6) is 0 Å². The van der Waals surface area contributed by atoms with E-state index in [-0.39, 0.29) is 23.6 Å². The molecule has 10 heteroatoms. The van der Waals surface area contributed by atoms with Crippen LogP contribution < -0.4 is 4.80 Å². The Morgan fingerprint density at radius 1 is 1.30 bits per heavy atom. The minimum Gasteiger partial charge on any atom is -0.465 e. The Hall–Kier alpha value is -3.30. The van der Waals surface area contributed by atoms with Crippen LogP contribution in [-0.2, 0) is 20.9 Å². The molecule has 1 amide bonds. The number of esters is 1. The summed E-state index contributed by atoms with van der Waals surface area (Å²) >= 11 is 7.21. The van der Waals surface area contributed by atoms with Gasteiger partial charge in [-0.3, -0.25) is 19.7 Å². The number of carbonyl (C=O) groups is 2. The number of ether oxygens (including phenoxy) is 1. The van der Waals surface area contributed by atoms with Gasteiger partial charge in [-0.25, -0.2) is 0 Å². The zero-order valence-electron chi connectivity index (χ0n) is 15.8. The lowest BCUT2D eigenvalue weighted by Crippen LogP contribution is -2.22. The van der Waals surface area contributed by atoms with Crippen LogP contribution >= 0.6 is 22.9 Å². The first-order valence-electron chi connectivity index (χ1n) is 8.83. The molecule has 154 valence electrons. The number of non-ortho nitro benzene ring substituents is 1. The maximum atomic E-state index is 12.4. The van der Waals surface area contributed by atoms with E-state index < -0.39 is 16.8 Å². The number of nitro benzene ring substituents is 1. The van der Waals surface area contributed by atoms with Crippen LogP contribution in [0.25, 0.3) is 16.3 Å². The highest BCUT2D eigenvalue weighted by Crippen LogP contribution is 2.23. The summed E-state index contributed by atoms with van der Waals surface area (Å²) in [6.45, 7) is 1.64. The second kappa shape index (κ2) is 9.47. The van der Waals surface area contributed by atoms with Gasteiger partial charge >= 0.3 is 5.97 Å². The minimum absolute atomic E-state index is 0.130. The Kier molecular flexibility index (Phi) is 6.76. The number of nitrogens with zero attached hydrogens (tertiary/aromatic N) is 3. The average Bonchev–Trinajstić information content (AvgIpc) is 3.03. The maximum Gasteiger partial charge on any atom is 0.326 e. The van der Waals surface area contributed by atoms with Crippen LogP contribution in [0.15, 0.2) is 53.5 Å². The summed E-state index contributed by atoms with van der Waals surface area (Å²) in [6, 6.07) is 11.3. The number of benzene rings is 2. The molecule has 1 heterocycles. The molecule has 0 saturated carbocycles. The number of amides is 1. The molecule has 0 fully saturated rings. The van der Waals surface area contributed by atoms with Gasteiger partial charge in [-0.05, 0) is 30.7 Å². The number of rotatable bonds is 6. The van der Waals surface area contributed by atoms with E-state index in [1.165, 1.54) is 22.8 Å². The first-order chi connectivity index (χ1) is 14.4. The summed E-state index contributed by atoms with van der Waals surface area (Å²) in [7, 11) is 0. The summed E-state index contributed by atoms with van der Waals surface area (Å²) in [4.78, 5) is 39.3. The summed E-state index contributed by atoms with van der Waals surface area (Å²) < 4.78 is 7.06. The topological polar surface area (TPSA) is 104 Å². The summed E-state index contributed by atoms with van der Waals surface area (Å²) in [5.41, 5.74) is 0.951. The molecule has 0 aliphatic rings. The van der Waals surface area contributed by atoms with Gasteiger partial charge in [0, 0.05) is 23.2 Å². The fraction of sp³-hybridized carbons (Fsp3) is 0.150. The van der Waals surface area contributed by atoms with Crippen molar-refractivity contribution in [3.63, 3.8) is 0 Å². The third-order valence-corrected chi connectivity index (χ3v) is 5.39. The predicted molar refractivity (Wildman–Crippen MR) is 114 cm³/mol. The Morgan fingerprint density at radius 2 is 2.07 bits per heavy atom. The number of fused-ring (bicyclic) bond motifs is 1. The number of carbonyl (C=O) groups excluding carboxylic acids is 2. The lowest BCUT2D eigenvalue weighted by molar-refractivity contribution is -0.384.